The summed E-state index contributed by atoms with van der Waals surface area (Å²) in [7, 11) is 1.48. The number of rotatable bonds is 14. The molecule has 182 valence electrons. The molecule has 4 N–H and O–H groups in total. The minimum absolute atomic E-state index is 0.126. The van der Waals surface area contributed by atoms with E-state index in [1.165, 1.54) is 7.05 Å². The third-order valence-electron chi connectivity index (χ3n) is 5.18. The van der Waals surface area contributed by atoms with Crippen LogP contribution in [0.3, 0.4) is 0 Å². The molecule has 0 aromatic heterocycles. The van der Waals surface area contributed by atoms with Gasteiger partial charge in [-0.3, -0.25) is 24.0 Å². The van der Waals surface area contributed by atoms with Gasteiger partial charge in [0.05, 0.1) is 6.61 Å². The number of benzene rings is 2. The van der Waals surface area contributed by atoms with Crippen molar-refractivity contribution < 1.29 is 29.1 Å². The molecule has 2 aromatic carbocycles. The molecule has 2 aromatic rings. The normalized spacial score (nSPS) is 12.3. The number of hydrogen-bond donors (Lipinski definition) is 4. The lowest BCUT2D eigenvalue weighted by molar-refractivity contribution is -0.139. The predicted molar refractivity (Wildman–Crippen MR) is 125 cm³/mol. The molecule has 0 fully saturated rings. The Morgan fingerprint density at radius 3 is 2.12 bits per heavy atom. The Morgan fingerprint density at radius 1 is 0.912 bits per heavy atom. The van der Waals surface area contributed by atoms with E-state index in [0.717, 1.165) is 11.1 Å². The maximum absolute atomic E-state index is 13.0. The molecule has 34 heavy (non-hydrogen) atoms. The van der Waals surface area contributed by atoms with Crippen LogP contribution in [0.4, 0.5) is 0 Å². The van der Waals surface area contributed by atoms with Crippen molar-refractivity contribution in [3.63, 3.8) is 0 Å². The van der Waals surface area contributed by atoms with E-state index < -0.39 is 29.7 Å². The van der Waals surface area contributed by atoms with E-state index >= 15 is 0 Å². The highest BCUT2D eigenvalue weighted by atomic mass is 16.6. The zero-order valence-corrected chi connectivity index (χ0v) is 19.2. The Labute approximate surface area is 198 Å². The van der Waals surface area contributed by atoms with Crippen LogP contribution in [0.1, 0.15) is 36.8 Å². The number of nitrogens with one attached hydrogen (secondary N) is 3. The number of carboxylic acids is 1. The molecule has 9 nitrogen and oxygen atoms in total. The van der Waals surface area contributed by atoms with Crippen LogP contribution in [0, 0.1) is 5.92 Å². The minimum Gasteiger partial charge on any atom is -0.481 e. The van der Waals surface area contributed by atoms with E-state index in [2.05, 4.69) is 16.1 Å². The van der Waals surface area contributed by atoms with Gasteiger partial charge in [-0.05, 0) is 24.0 Å². The lowest BCUT2D eigenvalue weighted by Gasteiger charge is -2.22. The van der Waals surface area contributed by atoms with Crippen molar-refractivity contribution in [3.05, 3.63) is 71.8 Å². The molecule has 0 saturated heterocycles. The van der Waals surface area contributed by atoms with Gasteiger partial charge in [-0.2, -0.15) is 0 Å². The van der Waals surface area contributed by atoms with E-state index in [1.54, 1.807) is 0 Å². The number of aliphatic carboxylic acids is 1. The van der Waals surface area contributed by atoms with Gasteiger partial charge in [0.15, 0.2) is 0 Å². The number of hydrogen-bond acceptors (Lipinski definition) is 5. The standard InChI is InChI=1S/C25H31N3O6/c1-26-25(33)21(15-18-9-4-2-5-10-18)27-24(32)20(13-8-14-23(30)31)16-22(29)28-34-17-19-11-6-3-7-12-19/h2-7,9-12,20-21H,8,13-17H2,1H3,(H,26,33)(H,27,32)(H,28,29)(H,30,31)/t20-,21+/m1/s1. The maximum Gasteiger partial charge on any atom is 0.303 e. The summed E-state index contributed by atoms with van der Waals surface area (Å²) in [4.78, 5) is 53.9. The molecular formula is C25H31N3O6. The summed E-state index contributed by atoms with van der Waals surface area (Å²) in [5.41, 5.74) is 4.06. The Morgan fingerprint density at radius 2 is 1.53 bits per heavy atom. The first-order valence-corrected chi connectivity index (χ1v) is 11.1. The highest BCUT2D eigenvalue weighted by molar-refractivity contribution is 5.90. The Hall–Kier alpha value is -3.72. The van der Waals surface area contributed by atoms with Gasteiger partial charge in [0.2, 0.25) is 17.7 Å². The fourth-order valence-corrected chi connectivity index (χ4v) is 3.39. The van der Waals surface area contributed by atoms with Gasteiger partial charge < -0.3 is 15.7 Å². The average Bonchev–Trinajstić information content (AvgIpc) is 2.83. The summed E-state index contributed by atoms with van der Waals surface area (Å²) < 4.78 is 0. The van der Waals surface area contributed by atoms with Crippen LogP contribution in [0.5, 0.6) is 0 Å². The van der Waals surface area contributed by atoms with E-state index in [0.29, 0.717) is 0 Å². The number of likely N-dealkylation sites (N-methyl/N-ethyl adjacent to an activating group) is 1. The molecule has 0 radical (unpaired) electrons. The van der Waals surface area contributed by atoms with Gasteiger partial charge in [-0.25, -0.2) is 5.48 Å². The molecule has 0 heterocycles. The van der Waals surface area contributed by atoms with Crippen molar-refractivity contribution in [3.8, 4) is 0 Å². The summed E-state index contributed by atoms with van der Waals surface area (Å²) in [6.45, 7) is 0.165. The van der Waals surface area contributed by atoms with Crippen molar-refractivity contribution in [1.82, 2.24) is 16.1 Å². The summed E-state index contributed by atoms with van der Waals surface area (Å²) in [6, 6.07) is 17.7. The van der Waals surface area contributed by atoms with E-state index in [-0.39, 0.29) is 44.6 Å². The van der Waals surface area contributed by atoms with Gasteiger partial charge in [0, 0.05) is 32.2 Å². The fraction of sp³-hybridized carbons (Fsp3) is 0.360. The summed E-state index contributed by atoms with van der Waals surface area (Å²) >= 11 is 0. The fourth-order valence-electron chi connectivity index (χ4n) is 3.39. The molecule has 0 aliphatic carbocycles. The van der Waals surface area contributed by atoms with Gasteiger partial charge in [0.1, 0.15) is 6.04 Å². The highest BCUT2D eigenvalue weighted by Gasteiger charge is 2.27. The average molecular weight is 470 g/mol. The van der Waals surface area contributed by atoms with Gasteiger partial charge in [-0.15, -0.1) is 0 Å². The van der Waals surface area contributed by atoms with Gasteiger partial charge in [0.25, 0.3) is 0 Å². The molecule has 0 unspecified atom stereocenters. The molecule has 9 heteroatoms. The number of carbonyl (C=O) groups excluding carboxylic acids is 3. The van der Waals surface area contributed by atoms with Gasteiger partial charge in [-0.1, -0.05) is 60.7 Å². The maximum atomic E-state index is 13.0. The van der Waals surface area contributed by atoms with Gasteiger partial charge >= 0.3 is 5.97 Å². The molecular weight excluding hydrogens is 438 g/mol. The Balaban J connectivity index is 1.99. The number of carboxylic acid groups (broad SMARTS) is 1. The first kappa shape index (κ1) is 26.5. The van der Waals surface area contributed by atoms with Crippen molar-refractivity contribution in [1.29, 1.82) is 0 Å². The first-order valence-electron chi connectivity index (χ1n) is 11.1. The van der Waals surface area contributed by atoms with Crippen LogP contribution >= 0.6 is 0 Å². The third-order valence-corrected chi connectivity index (χ3v) is 5.18. The van der Waals surface area contributed by atoms with Crippen LogP contribution in [0.2, 0.25) is 0 Å². The van der Waals surface area contributed by atoms with Crippen LogP contribution < -0.4 is 16.1 Å². The molecule has 2 atom stereocenters. The molecule has 0 aliphatic rings. The zero-order chi connectivity index (χ0) is 24.8. The monoisotopic (exact) mass is 469 g/mol. The van der Waals surface area contributed by atoms with Crippen LogP contribution in [-0.4, -0.2) is 41.9 Å². The Bertz CT molecular complexity index is 936. The highest BCUT2D eigenvalue weighted by Crippen LogP contribution is 2.15. The molecule has 0 saturated carbocycles. The van der Waals surface area contributed by atoms with Crippen LogP contribution in [-0.2, 0) is 37.0 Å². The lowest BCUT2D eigenvalue weighted by atomic mass is 9.95. The number of carbonyl (C=O) groups is 4. The number of hydroxylamine groups is 1. The first-order chi connectivity index (χ1) is 16.4. The Kier molecular flexibility index (Phi) is 11.3. The van der Waals surface area contributed by atoms with Crippen molar-refractivity contribution in [2.45, 2.75) is 44.8 Å². The largest absolute Gasteiger partial charge is 0.481 e. The van der Waals surface area contributed by atoms with E-state index in [4.69, 9.17) is 9.94 Å². The van der Waals surface area contributed by atoms with E-state index in [9.17, 15) is 19.2 Å². The second-order valence-corrected chi connectivity index (χ2v) is 7.85. The summed E-state index contributed by atoms with van der Waals surface area (Å²) in [5.74, 6) is -3.17. The smallest absolute Gasteiger partial charge is 0.303 e. The minimum atomic E-state index is -0.984. The van der Waals surface area contributed by atoms with Crippen molar-refractivity contribution in [2.24, 2.45) is 5.92 Å². The van der Waals surface area contributed by atoms with E-state index in [1.807, 2.05) is 60.7 Å². The number of amides is 3. The second kappa shape index (κ2) is 14.4. The van der Waals surface area contributed by atoms with Crippen LogP contribution in [0.15, 0.2) is 60.7 Å². The third kappa shape index (κ3) is 9.83. The molecule has 0 aliphatic heterocycles. The predicted octanol–water partition coefficient (Wildman–Crippen LogP) is 1.97. The SMILES string of the molecule is CNC(=O)[C@H](Cc1ccccc1)NC(=O)[C@H](CCCC(=O)O)CC(=O)NOCc1ccccc1. The lowest BCUT2D eigenvalue weighted by Crippen LogP contribution is -2.49. The quantitative estimate of drug-likeness (QED) is 0.313. The molecule has 3 amide bonds. The second-order valence-electron chi connectivity index (χ2n) is 7.85. The summed E-state index contributed by atoms with van der Waals surface area (Å²) in [5, 5.41) is 14.2. The van der Waals surface area contributed by atoms with Crippen molar-refractivity contribution in [2.75, 3.05) is 7.05 Å². The van der Waals surface area contributed by atoms with Crippen molar-refractivity contribution >= 4 is 23.7 Å². The van der Waals surface area contributed by atoms with Crippen LogP contribution in [0.25, 0.3) is 0 Å². The zero-order valence-electron chi connectivity index (χ0n) is 19.2. The molecule has 2 rings (SSSR count). The summed E-state index contributed by atoms with van der Waals surface area (Å²) in [6.07, 6.45) is 0.344. The molecule has 0 spiro atoms. The topological polar surface area (TPSA) is 134 Å². The molecule has 0 bridgehead atoms.